The number of rotatable bonds is 4. The van der Waals surface area contributed by atoms with Gasteiger partial charge in [-0.2, -0.15) is 0 Å². The van der Waals surface area contributed by atoms with Crippen molar-refractivity contribution in [3.05, 3.63) is 17.8 Å². The Morgan fingerprint density at radius 3 is 2.88 bits per heavy atom. The second kappa shape index (κ2) is 5.87. The Morgan fingerprint density at radius 2 is 2.18 bits per heavy atom. The molecule has 0 saturated carbocycles. The van der Waals surface area contributed by atoms with Crippen molar-refractivity contribution >= 4 is 0 Å². The molecule has 1 aromatic rings. The fourth-order valence-corrected chi connectivity index (χ4v) is 1.83. The van der Waals surface area contributed by atoms with E-state index < -0.39 is 0 Å². The molecule has 4 nitrogen and oxygen atoms in total. The second-order valence-electron chi connectivity index (χ2n) is 4.18. The van der Waals surface area contributed by atoms with Gasteiger partial charge in [0.25, 0.3) is 5.88 Å². The smallest absolute Gasteiger partial charge is 0.257 e. The van der Waals surface area contributed by atoms with Gasteiger partial charge in [-0.05, 0) is 25.5 Å². The highest BCUT2D eigenvalue weighted by Gasteiger charge is 2.18. The van der Waals surface area contributed by atoms with Crippen molar-refractivity contribution in [2.24, 2.45) is 0 Å². The fourth-order valence-electron chi connectivity index (χ4n) is 1.83. The Balaban J connectivity index is 2.08. The average molecular weight is 237 g/mol. The van der Waals surface area contributed by atoms with Gasteiger partial charge < -0.3 is 14.2 Å². The van der Waals surface area contributed by atoms with Gasteiger partial charge in [0.1, 0.15) is 6.10 Å². The molecule has 0 amide bonds. The summed E-state index contributed by atoms with van der Waals surface area (Å²) >= 11 is 0. The molecule has 0 atom stereocenters. The summed E-state index contributed by atoms with van der Waals surface area (Å²) < 4.78 is 16.7. The minimum atomic E-state index is 0.214. The van der Waals surface area contributed by atoms with E-state index in [1.165, 1.54) is 0 Å². The van der Waals surface area contributed by atoms with E-state index in [0.717, 1.165) is 37.4 Å². The molecule has 0 aliphatic carbocycles. The SMILES string of the molecule is CCOc1ncc(C)cc1OC1CCOCC1. The average Bonchev–Trinajstić information content (AvgIpc) is 2.34. The number of pyridine rings is 1. The third kappa shape index (κ3) is 3.33. The van der Waals surface area contributed by atoms with Crippen LogP contribution in [0, 0.1) is 6.92 Å². The number of ether oxygens (including phenoxy) is 3. The van der Waals surface area contributed by atoms with Gasteiger partial charge in [-0.15, -0.1) is 0 Å². The summed E-state index contributed by atoms with van der Waals surface area (Å²) in [6.07, 6.45) is 3.87. The van der Waals surface area contributed by atoms with Gasteiger partial charge in [0, 0.05) is 19.0 Å². The maximum atomic E-state index is 5.95. The lowest BCUT2D eigenvalue weighted by Gasteiger charge is -2.24. The summed E-state index contributed by atoms with van der Waals surface area (Å²) in [7, 11) is 0. The first-order valence-corrected chi connectivity index (χ1v) is 6.13. The molecule has 0 spiro atoms. The van der Waals surface area contributed by atoms with E-state index in [4.69, 9.17) is 14.2 Å². The lowest BCUT2D eigenvalue weighted by atomic mass is 10.1. The number of hydrogen-bond donors (Lipinski definition) is 0. The standard InChI is InChI=1S/C13H19NO3/c1-3-16-13-12(8-10(2)9-14-13)17-11-4-6-15-7-5-11/h8-9,11H,3-7H2,1-2H3. The Morgan fingerprint density at radius 1 is 1.41 bits per heavy atom. The van der Waals surface area contributed by atoms with Crippen LogP contribution in [0.5, 0.6) is 11.6 Å². The molecule has 0 bridgehead atoms. The lowest BCUT2D eigenvalue weighted by molar-refractivity contribution is 0.0240. The van der Waals surface area contributed by atoms with Crippen LogP contribution in [0.4, 0.5) is 0 Å². The zero-order chi connectivity index (χ0) is 12.1. The summed E-state index contributed by atoms with van der Waals surface area (Å²) in [5, 5.41) is 0. The van der Waals surface area contributed by atoms with Crippen molar-refractivity contribution in [2.45, 2.75) is 32.8 Å². The fraction of sp³-hybridized carbons (Fsp3) is 0.615. The number of hydrogen-bond acceptors (Lipinski definition) is 4. The van der Waals surface area contributed by atoms with Gasteiger partial charge in [-0.1, -0.05) is 0 Å². The van der Waals surface area contributed by atoms with Crippen molar-refractivity contribution in [2.75, 3.05) is 19.8 Å². The van der Waals surface area contributed by atoms with E-state index >= 15 is 0 Å². The van der Waals surface area contributed by atoms with Gasteiger partial charge in [0.15, 0.2) is 5.75 Å². The van der Waals surface area contributed by atoms with Crippen LogP contribution < -0.4 is 9.47 Å². The summed E-state index contributed by atoms with van der Waals surface area (Å²) in [6.45, 7) is 6.08. The maximum Gasteiger partial charge on any atom is 0.257 e. The molecule has 0 radical (unpaired) electrons. The van der Waals surface area contributed by atoms with Crippen molar-refractivity contribution in [1.82, 2.24) is 4.98 Å². The first-order valence-electron chi connectivity index (χ1n) is 6.13. The van der Waals surface area contributed by atoms with Crippen LogP contribution in [0.2, 0.25) is 0 Å². The van der Waals surface area contributed by atoms with Crippen LogP contribution in [-0.4, -0.2) is 30.9 Å². The topological polar surface area (TPSA) is 40.6 Å². The van der Waals surface area contributed by atoms with Crippen LogP contribution in [0.1, 0.15) is 25.3 Å². The van der Waals surface area contributed by atoms with Gasteiger partial charge >= 0.3 is 0 Å². The van der Waals surface area contributed by atoms with E-state index in [1.54, 1.807) is 6.20 Å². The lowest BCUT2D eigenvalue weighted by Crippen LogP contribution is -2.26. The van der Waals surface area contributed by atoms with Crippen molar-refractivity contribution < 1.29 is 14.2 Å². The quantitative estimate of drug-likeness (QED) is 0.806. The third-order valence-electron chi connectivity index (χ3n) is 2.70. The van der Waals surface area contributed by atoms with Crippen LogP contribution in [0.25, 0.3) is 0 Å². The minimum Gasteiger partial charge on any atom is -0.485 e. The molecule has 94 valence electrons. The van der Waals surface area contributed by atoms with Crippen LogP contribution >= 0.6 is 0 Å². The van der Waals surface area contributed by atoms with Gasteiger partial charge in [-0.25, -0.2) is 4.98 Å². The van der Waals surface area contributed by atoms with Crippen molar-refractivity contribution in [3.63, 3.8) is 0 Å². The van der Waals surface area contributed by atoms with Gasteiger partial charge in [0.05, 0.1) is 19.8 Å². The molecule has 1 aromatic heterocycles. The summed E-state index contributed by atoms with van der Waals surface area (Å²) in [4.78, 5) is 4.25. The Bertz CT molecular complexity index is 362. The first kappa shape index (κ1) is 12.2. The maximum absolute atomic E-state index is 5.95. The van der Waals surface area contributed by atoms with Crippen LogP contribution in [-0.2, 0) is 4.74 Å². The largest absolute Gasteiger partial charge is 0.485 e. The molecule has 2 heterocycles. The molecule has 1 aliphatic heterocycles. The second-order valence-corrected chi connectivity index (χ2v) is 4.18. The molecule has 1 saturated heterocycles. The molecule has 17 heavy (non-hydrogen) atoms. The van der Waals surface area contributed by atoms with E-state index in [0.29, 0.717) is 12.5 Å². The molecule has 0 aromatic carbocycles. The molecule has 1 aliphatic rings. The zero-order valence-electron chi connectivity index (χ0n) is 10.4. The van der Waals surface area contributed by atoms with Gasteiger partial charge in [-0.3, -0.25) is 0 Å². The number of nitrogens with zero attached hydrogens (tertiary/aromatic N) is 1. The molecule has 2 rings (SSSR count). The van der Waals surface area contributed by atoms with E-state index in [9.17, 15) is 0 Å². The molecule has 4 heteroatoms. The Kier molecular flexibility index (Phi) is 4.20. The number of aromatic nitrogens is 1. The Labute approximate surface area is 102 Å². The van der Waals surface area contributed by atoms with Crippen molar-refractivity contribution in [3.8, 4) is 11.6 Å². The van der Waals surface area contributed by atoms with E-state index in [1.807, 2.05) is 19.9 Å². The summed E-state index contributed by atoms with van der Waals surface area (Å²) in [5.74, 6) is 1.34. The predicted molar refractivity (Wildman–Crippen MR) is 64.6 cm³/mol. The van der Waals surface area contributed by atoms with Crippen LogP contribution in [0.15, 0.2) is 12.3 Å². The monoisotopic (exact) mass is 237 g/mol. The van der Waals surface area contributed by atoms with E-state index in [2.05, 4.69) is 4.98 Å². The molecule has 1 fully saturated rings. The normalized spacial score (nSPS) is 16.8. The van der Waals surface area contributed by atoms with Crippen LogP contribution in [0.3, 0.4) is 0 Å². The molecular weight excluding hydrogens is 218 g/mol. The minimum absolute atomic E-state index is 0.214. The summed E-state index contributed by atoms with van der Waals surface area (Å²) in [5.41, 5.74) is 1.08. The Hall–Kier alpha value is -1.29. The zero-order valence-corrected chi connectivity index (χ0v) is 10.4. The third-order valence-corrected chi connectivity index (χ3v) is 2.70. The van der Waals surface area contributed by atoms with E-state index in [-0.39, 0.29) is 6.10 Å². The summed E-state index contributed by atoms with van der Waals surface area (Å²) in [6, 6.07) is 1.98. The molecular formula is C13H19NO3. The first-order chi connectivity index (χ1) is 8.29. The van der Waals surface area contributed by atoms with Gasteiger partial charge in [0.2, 0.25) is 0 Å². The highest BCUT2D eigenvalue weighted by molar-refractivity contribution is 5.36. The predicted octanol–water partition coefficient (Wildman–Crippen LogP) is 2.35. The molecule has 0 N–H and O–H groups in total. The molecule has 0 unspecified atom stereocenters. The highest BCUT2D eigenvalue weighted by Crippen LogP contribution is 2.28. The van der Waals surface area contributed by atoms with Crippen molar-refractivity contribution in [1.29, 1.82) is 0 Å². The number of aryl methyl sites for hydroxylation is 1. The highest BCUT2D eigenvalue weighted by atomic mass is 16.5.